The zero-order valence-electron chi connectivity index (χ0n) is 9.26. The van der Waals surface area contributed by atoms with E-state index in [4.69, 9.17) is 5.73 Å². The quantitative estimate of drug-likeness (QED) is 0.783. The van der Waals surface area contributed by atoms with Crippen LogP contribution in [0.5, 0.6) is 0 Å². The largest absolute Gasteiger partial charge is 0.465 e. The van der Waals surface area contributed by atoms with Crippen LogP contribution in [0.4, 0.5) is 4.79 Å². The molecule has 0 saturated heterocycles. The van der Waals surface area contributed by atoms with Gasteiger partial charge in [0.1, 0.15) is 0 Å². The van der Waals surface area contributed by atoms with Crippen LogP contribution in [0.15, 0.2) is 23.1 Å². The summed E-state index contributed by atoms with van der Waals surface area (Å²) in [5.41, 5.74) is 5.15. The van der Waals surface area contributed by atoms with E-state index in [0.717, 1.165) is 7.11 Å². The predicted molar refractivity (Wildman–Crippen MR) is 59.3 cm³/mol. The lowest BCUT2D eigenvalue weighted by Crippen LogP contribution is -2.24. The molecular formula is C10H11NO5S. The van der Waals surface area contributed by atoms with Crippen molar-refractivity contribution >= 4 is 21.0 Å². The first-order valence-corrected chi connectivity index (χ1v) is 6.02. The van der Waals surface area contributed by atoms with Crippen molar-refractivity contribution in [1.29, 1.82) is 0 Å². The molecule has 92 valence electrons. The Morgan fingerprint density at radius 3 is 2.35 bits per heavy atom. The molecule has 1 rings (SSSR count). The number of nitrogens with two attached hydrogens (primary N) is 1. The first-order chi connectivity index (χ1) is 7.80. The number of esters is 1. The first-order valence-electron chi connectivity index (χ1n) is 4.54. The molecular weight excluding hydrogens is 246 g/mol. The number of methoxy groups -OCH3 is 1. The van der Waals surface area contributed by atoms with E-state index in [1.54, 1.807) is 6.92 Å². The van der Waals surface area contributed by atoms with E-state index in [9.17, 15) is 18.0 Å². The number of amides is 1. The second-order valence-corrected chi connectivity index (χ2v) is 5.16. The standard InChI is InChI=1S/C10H11NO5S/c1-6-3-4-7(9(12)16-2)8(5-6)17(14,15)10(11)13/h3-5H,1-2H3,(H2,11,13). The minimum atomic E-state index is -4.35. The number of hydrogen-bond acceptors (Lipinski definition) is 5. The fourth-order valence-corrected chi connectivity index (χ4v) is 2.24. The molecule has 1 aromatic carbocycles. The predicted octanol–water partition coefficient (Wildman–Crippen LogP) is 0.634. The number of primary amides is 1. The van der Waals surface area contributed by atoms with Crippen molar-refractivity contribution in [1.82, 2.24) is 0 Å². The number of aryl methyl sites for hydroxylation is 1. The Hall–Kier alpha value is -1.89. The van der Waals surface area contributed by atoms with E-state index < -0.39 is 25.9 Å². The van der Waals surface area contributed by atoms with E-state index >= 15 is 0 Å². The molecule has 0 unspecified atom stereocenters. The van der Waals surface area contributed by atoms with Crippen molar-refractivity contribution in [3.8, 4) is 0 Å². The van der Waals surface area contributed by atoms with Gasteiger partial charge in [0.05, 0.1) is 17.6 Å². The van der Waals surface area contributed by atoms with E-state index in [1.165, 1.54) is 18.2 Å². The fourth-order valence-electron chi connectivity index (χ4n) is 1.24. The highest BCUT2D eigenvalue weighted by Gasteiger charge is 2.28. The molecule has 1 aromatic rings. The van der Waals surface area contributed by atoms with Crippen molar-refractivity contribution in [2.24, 2.45) is 5.73 Å². The van der Waals surface area contributed by atoms with Gasteiger partial charge in [-0.2, -0.15) is 0 Å². The van der Waals surface area contributed by atoms with Crippen molar-refractivity contribution < 1.29 is 22.7 Å². The molecule has 1 amide bonds. The van der Waals surface area contributed by atoms with E-state index in [1.807, 2.05) is 0 Å². The lowest BCUT2D eigenvalue weighted by molar-refractivity contribution is 0.0596. The average molecular weight is 257 g/mol. The molecule has 0 saturated carbocycles. The highest BCUT2D eigenvalue weighted by molar-refractivity contribution is 8.06. The molecule has 0 atom stereocenters. The molecule has 17 heavy (non-hydrogen) atoms. The smallest absolute Gasteiger partial charge is 0.339 e. The summed E-state index contributed by atoms with van der Waals surface area (Å²) in [6.45, 7) is 1.63. The molecule has 7 heteroatoms. The van der Waals surface area contributed by atoms with Crippen LogP contribution in [0.3, 0.4) is 0 Å². The lowest BCUT2D eigenvalue weighted by Gasteiger charge is -2.07. The SMILES string of the molecule is COC(=O)c1ccc(C)cc1S(=O)(=O)C(N)=O. The van der Waals surface area contributed by atoms with Crippen molar-refractivity contribution in [3.05, 3.63) is 29.3 Å². The van der Waals surface area contributed by atoms with Crippen LogP contribution in [0.2, 0.25) is 0 Å². The van der Waals surface area contributed by atoms with Crippen LogP contribution in [0, 0.1) is 6.92 Å². The summed E-state index contributed by atoms with van der Waals surface area (Å²) in [6, 6.07) is 4.01. The van der Waals surface area contributed by atoms with Crippen LogP contribution in [0.25, 0.3) is 0 Å². The summed E-state index contributed by atoms with van der Waals surface area (Å²) in [5, 5.41) is -1.51. The molecule has 2 N–H and O–H groups in total. The number of hydrogen-bond donors (Lipinski definition) is 1. The number of sulfone groups is 1. The Kier molecular flexibility index (Phi) is 3.52. The van der Waals surface area contributed by atoms with Gasteiger partial charge in [0.15, 0.2) is 0 Å². The minimum Gasteiger partial charge on any atom is -0.465 e. The first kappa shape index (κ1) is 13.2. The Balaban J connectivity index is 3.57. The maximum atomic E-state index is 11.6. The maximum Gasteiger partial charge on any atom is 0.339 e. The topological polar surface area (TPSA) is 104 Å². The molecule has 0 bridgehead atoms. The lowest BCUT2D eigenvalue weighted by atomic mass is 10.1. The zero-order chi connectivity index (χ0) is 13.2. The second-order valence-electron chi connectivity index (χ2n) is 3.31. The Morgan fingerprint density at radius 1 is 1.29 bits per heavy atom. The highest BCUT2D eigenvalue weighted by atomic mass is 32.2. The van der Waals surface area contributed by atoms with Gasteiger partial charge in [-0.15, -0.1) is 0 Å². The second kappa shape index (κ2) is 4.54. The van der Waals surface area contributed by atoms with Crippen LogP contribution in [-0.2, 0) is 14.6 Å². The molecule has 6 nitrogen and oxygen atoms in total. The van der Waals surface area contributed by atoms with Gasteiger partial charge in [-0.25, -0.2) is 13.2 Å². The summed E-state index contributed by atoms with van der Waals surface area (Å²) in [4.78, 5) is 21.8. The van der Waals surface area contributed by atoms with Gasteiger partial charge in [-0.3, -0.25) is 4.79 Å². The molecule has 0 aliphatic carbocycles. The van der Waals surface area contributed by atoms with Gasteiger partial charge in [-0.1, -0.05) is 6.07 Å². The maximum absolute atomic E-state index is 11.6. The average Bonchev–Trinajstić information content (AvgIpc) is 2.27. The van der Waals surface area contributed by atoms with Crippen molar-refractivity contribution in [2.75, 3.05) is 7.11 Å². The van der Waals surface area contributed by atoms with Crippen LogP contribution in [-0.4, -0.2) is 26.7 Å². The zero-order valence-corrected chi connectivity index (χ0v) is 10.1. The summed E-state index contributed by atoms with van der Waals surface area (Å²) in [7, 11) is -3.23. The van der Waals surface area contributed by atoms with Crippen molar-refractivity contribution in [2.45, 2.75) is 11.8 Å². The fraction of sp³-hybridized carbons (Fsp3) is 0.200. The van der Waals surface area contributed by atoms with E-state index in [-0.39, 0.29) is 5.56 Å². The molecule has 0 aliphatic rings. The highest BCUT2D eigenvalue weighted by Crippen LogP contribution is 2.20. The van der Waals surface area contributed by atoms with E-state index in [0.29, 0.717) is 5.56 Å². The third kappa shape index (κ3) is 2.44. The number of benzene rings is 1. The number of carbonyl (C=O) groups excluding carboxylic acids is 2. The van der Waals surface area contributed by atoms with Gasteiger partial charge in [-0.05, 0) is 24.6 Å². The summed E-state index contributed by atoms with van der Waals surface area (Å²) >= 11 is 0. The van der Waals surface area contributed by atoms with Gasteiger partial charge >= 0.3 is 11.2 Å². The monoisotopic (exact) mass is 257 g/mol. The van der Waals surface area contributed by atoms with Crippen LogP contribution < -0.4 is 5.73 Å². The molecule has 0 radical (unpaired) electrons. The minimum absolute atomic E-state index is 0.211. The number of ether oxygens (including phenoxy) is 1. The summed E-state index contributed by atoms with van der Waals surface area (Å²) < 4.78 is 27.7. The van der Waals surface area contributed by atoms with Gasteiger partial charge in [0, 0.05) is 0 Å². The Labute approximate surface area is 98.3 Å². The molecule has 0 aliphatic heterocycles. The number of rotatable bonds is 2. The third-order valence-electron chi connectivity index (χ3n) is 2.10. The van der Waals surface area contributed by atoms with E-state index in [2.05, 4.69) is 4.74 Å². The third-order valence-corrected chi connectivity index (χ3v) is 3.54. The van der Waals surface area contributed by atoms with Crippen LogP contribution in [0.1, 0.15) is 15.9 Å². The Morgan fingerprint density at radius 2 is 1.88 bits per heavy atom. The van der Waals surface area contributed by atoms with Gasteiger partial charge in [0.2, 0.25) is 0 Å². The van der Waals surface area contributed by atoms with Gasteiger partial charge in [0.25, 0.3) is 9.84 Å². The molecule has 0 spiro atoms. The normalized spacial score (nSPS) is 10.9. The molecule has 0 heterocycles. The summed E-state index contributed by atoms with van der Waals surface area (Å²) in [6.07, 6.45) is 0. The van der Waals surface area contributed by atoms with Crippen LogP contribution >= 0.6 is 0 Å². The Bertz CT molecular complexity index is 576. The van der Waals surface area contributed by atoms with Crippen molar-refractivity contribution in [3.63, 3.8) is 0 Å². The number of carbonyl (C=O) groups is 2. The molecule has 0 fully saturated rings. The summed E-state index contributed by atoms with van der Waals surface area (Å²) in [5.74, 6) is -0.843. The molecule has 0 aromatic heterocycles. The van der Waals surface area contributed by atoms with Gasteiger partial charge < -0.3 is 10.5 Å².